The molecule has 1 aromatic carbocycles. The number of primary amides is 1. The van der Waals surface area contributed by atoms with Gasteiger partial charge in [0.15, 0.2) is 11.5 Å². The van der Waals surface area contributed by atoms with Gasteiger partial charge in [0.1, 0.15) is 0 Å². The molecular formula is C17H20ClN7O3. The van der Waals surface area contributed by atoms with Crippen molar-refractivity contribution in [2.24, 2.45) is 5.73 Å². The first kappa shape index (κ1) is 19.6. The molecule has 0 saturated carbocycles. The molecule has 0 unspecified atom stereocenters. The number of likely N-dealkylation sites (tertiary alicyclic amines) is 1. The van der Waals surface area contributed by atoms with Gasteiger partial charge in [-0.1, -0.05) is 11.6 Å². The van der Waals surface area contributed by atoms with Crippen molar-refractivity contribution in [3.8, 4) is 0 Å². The summed E-state index contributed by atoms with van der Waals surface area (Å²) in [6.07, 6.45) is 0.509. The molecule has 1 aromatic heterocycles. The standard InChI is InChI=1S/C17H20ClN7O3/c1-9-12(3-2-8-25(9)17(27)28)21-16-22-15(13(14(19)26)23-24-16)20-11-6-4-10(18)5-7-11/h4-7,9,12H,2-3,8H2,1H3,(H2,19,26)(H,27,28)(H2,20,21,22,24)/t9-,12-/m1/s1. The lowest BCUT2D eigenvalue weighted by atomic mass is 9.98. The van der Waals surface area contributed by atoms with Crippen molar-refractivity contribution in [1.82, 2.24) is 20.1 Å². The number of piperidine rings is 1. The third-order valence-electron chi connectivity index (χ3n) is 4.58. The van der Waals surface area contributed by atoms with Crippen molar-refractivity contribution in [3.63, 3.8) is 0 Å². The second kappa shape index (κ2) is 8.26. The van der Waals surface area contributed by atoms with E-state index in [9.17, 15) is 14.7 Å². The average molecular weight is 406 g/mol. The van der Waals surface area contributed by atoms with Crippen LogP contribution in [0.2, 0.25) is 5.02 Å². The fourth-order valence-corrected chi connectivity index (χ4v) is 3.21. The van der Waals surface area contributed by atoms with Gasteiger partial charge in [-0.25, -0.2) is 4.79 Å². The predicted octanol–water partition coefficient (Wildman–Crippen LogP) is 2.31. The summed E-state index contributed by atoms with van der Waals surface area (Å²) in [6.45, 7) is 2.31. The summed E-state index contributed by atoms with van der Waals surface area (Å²) in [5.41, 5.74) is 5.90. The quantitative estimate of drug-likeness (QED) is 0.592. The van der Waals surface area contributed by atoms with Gasteiger partial charge in [0, 0.05) is 23.3 Å². The highest BCUT2D eigenvalue weighted by Crippen LogP contribution is 2.23. The summed E-state index contributed by atoms with van der Waals surface area (Å²) in [5, 5.41) is 23.7. The molecule has 1 aliphatic heterocycles. The van der Waals surface area contributed by atoms with E-state index in [1.807, 2.05) is 6.92 Å². The molecule has 3 rings (SSSR count). The van der Waals surface area contributed by atoms with E-state index in [1.165, 1.54) is 4.90 Å². The number of anilines is 3. The number of halogens is 1. The monoisotopic (exact) mass is 405 g/mol. The molecule has 1 saturated heterocycles. The van der Waals surface area contributed by atoms with Crippen molar-refractivity contribution in [1.29, 1.82) is 0 Å². The summed E-state index contributed by atoms with van der Waals surface area (Å²) in [6, 6.07) is 6.36. The number of benzene rings is 1. The fourth-order valence-electron chi connectivity index (χ4n) is 3.08. The summed E-state index contributed by atoms with van der Waals surface area (Å²) >= 11 is 5.88. The number of hydrogen-bond acceptors (Lipinski definition) is 7. The average Bonchev–Trinajstić information content (AvgIpc) is 2.65. The second-order valence-corrected chi connectivity index (χ2v) is 6.87. The van der Waals surface area contributed by atoms with Gasteiger partial charge < -0.3 is 26.4 Å². The Labute approximate surface area is 166 Å². The second-order valence-electron chi connectivity index (χ2n) is 6.44. The maximum Gasteiger partial charge on any atom is 0.407 e. The van der Waals surface area contributed by atoms with Crippen molar-refractivity contribution >= 4 is 41.1 Å². The highest BCUT2D eigenvalue weighted by Gasteiger charge is 2.31. The van der Waals surface area contributed by atoms with E-state index in [0.29, 0.717) is 17.3 Å². The first-order valence-electron chi connectivity index (χ1n) is 8.68. The minimum Gasteiger partial charge on any atom is -0.465 e. The van der Waals surface area contributed by atoms with Crippen LogP contribution in [-0.2, 0) is 0 Å². The predicted molar refractivity (Wildman–Crippen MR) is 104 cm³/mol. The van der Waals surface area contributed by atoms with Crippen molar-refractivity contribution in [2.75, 3.05) is 17.2 Å². The zero-order valence-electron chi connectivity index (χ0n) is 15.1. The highest BCUT2D eigenvalue weighted by atomic mass is 35.5. The molecule has 2 amide bonds. The maximum absolute atomic E-state index is 11.7. The molecule has 0 aliphatic carbocycles. The number of amides is 2. The molecule has 148 valence electrons. The molecule has 1 fully saturated rings. The van der Waals surface area contributed by atoms with E-state index < -0.39 is 12.0 Å². The number of nitrogens with zero attached hydrogens (tertiary/aromatic N) is 4. The first-order valence-corrected chi connectivity index (χ1v) is 9.06. The lowest BCUT2D eigenvalue weighted by molar-refractivity contribution is 0.0993. The molecule has 10 nitrogen and oxygen atoms in total. The SMILES string of the molecule is C[C@@H]1[C@H](Nc2nnc(C(N)=O)c(Nc3ccc(Cl)cc3)n2)CCCN1C(=O)O. The van der Waals surface area contributed by atoms with Crippen LogP contribution in [-0.4, -0.2) is 55.8 Å². The van der Waals surface area contributed by atoms with Gasteiger partial charge in [0.05, 0.1) is 6.04 Å². The summed E-state index contributed by atoms with van der Waals surface area (Å²) in [7, 11) is 0. The summed E-state index contributed by atoms with van der Waals surface area (Å²) in [4.78, 5) is 28.7. The van der Waals surface area contributed by atoms with Crippen LogP contribution in [0.15, 0.2) is 24.3 Å². The minimum atomic E-state index is -0.966. The van der Waals surface area contributed by atoms with Crippen LogP contribution >= 0.6 is 11.6 Å². The Hall–Kier alpha value is -3.14. The van der Waals surface area contributed by atoms with Gasteiger partial charge in [0.25, 0.3) is 5.91 Å². The number of carbonyl (C=O) groups is 2. The van der Waals surface area contributed by atoms with E-state index in [4.69, 9.17) is 17.3 Å². The zero-order valence-corrected chi connectivity index (χ0v) is 15.8. The van der Waals surface area contributed by atoms with Crippen LogP contribution in [0.4, 0.5) is 22.2 Å². The van der Waals surface area contributed by atoms with E-state index in [-0.39, 0.29) is 29.5 Å². The Morgan fingerprint density at radius 3 is 2.64 bits per heavy atom. The fraction of sp³-hybridized carbons (Fsp3) is 0.353. The molecule has 2 heterocycles. The minimum absolute atomic E-state index is 0.107. The Kier molecular flexibility index (Phi) is 5.78. The largest absolute Gasteiger partial charge is 0.465 e. The number of hydrogen-bond donors (Lipinski definition) is 4. The van der Waals surface area contributed by atoms with Crippen LogP contribution < -0.4 is 16.4 Å². The Morgan fingerprint density at radius 2 is 2.00 bits per heavy atom. The first-order chi connectivity index (χ1) is 13.3. The number of nitrogens with one attached hydrogen (secondary N) is 2. The van der Waals surface area contributed by atoms with E-state index in [2.05, 4.69) is 25.8 Å². The molecule has 28 heavy (non-hydrogen) atoms. The topological polar surface area (TPSA) is 146 Å². The van der Waals surface area contributed by atoms with E-state index >= 15 is 0 Å². The van der Waals surface area contributed by atoms with Crippen LogP contribution in [0.3, 0.4) is 0 Å². The molecular weight excluding hydrogens is 386 g/mol. The van der Waals surface area contributed by atoms with Crippen LogP contribution in [0.1, 0.15) is 30.3 Å². The normalized spacial score (nSPS) is 19.1. The molecule has 1 aliphatic rings. The van der Waals surface area contributed by atoms with Crippen LogP contribution in [0.25, 0.3) is 0 Å². The van der Waals surface area contributed by atoms with E-state index in [1.54, 1.807) is 24.3 Å². The lowest BCUT2D eigenvalue weighted by Gasteiger charge is -2.37. The molecule has 2 aromatic rings. The third kappa shape index (κ3) is 4.39. The Balaban J connectivity index is 1.83. The van der Waals surface area contributed by atoms with Crippen LogP contribution in [0, 0.1) is 0 Å². The maximum atomic E-state index is 11.7. The molecule has 0 bridgehead atoms. The number of nitrogens with two attached hydrogens (primary N) is 1. The zero-order chi connectivity index (χ0) is 20.3. The van der Waals surface area contributed by atoms with Gasteiger partial charge in [-0.05, 0) is 44.0 Å². The Bertz CT molecular complexity index is 878. The number of rotatable bonds is 5. The summed E-state index contributed by atoms with van der Waals surface area (Å²) < 4.78 is 0. The molecule has 0 radical (unpaired) electrons. The van der Waals surface area contributed by atoms with Gasteiger partial charge in [0.2, 0.25) is 5.95 Å². The van der Waals surface area contributed by atoms with E-state index in [0.717, 1.165) is 12.8 Å². The molecule has 2 atom stereocenters. The lowest BCUT2D eigenvalue weighted by Crippen LogP contribution is -2.51. The van der Waals surface area contributed by atoms with Gasteiger partial charge in [-0.2, -0.15) is 4.98 Å². The van der Waals surface area contributed by atoms with Crippen LogP contribution in [0.5, 0.6) is 0 Å². The smallest absolute Gasteiger partial charge is 0.407 e. The molecule has 11 heteroatoms. The summed E-state index contributed by atoms with van der Waals surface area (Å²) in [5.74, 6) is -0.456. The van der Waals surface area contributed by atoms with Gasteiger partial charge >= 0.3 is 6.09 Å². The van der Waals surface area contributed by atoms with Gasteiger partial charge in [-0.3, -0.25) is 4.79 Å². The number of carbonyl (C=O) groups excluding carboxylic acids is 1. The number of carboxylic acid groups (broad SMARTS) is 1. The van der Waals surface area contributed by atoms with Crippen molar-refractivity contribution in [2.45, 2.75) is 31.8 Å². The van der Waals surface area contributed by atoms with Crippen molar-refractivity contribution < 1.29 is 14.7 Å². The molecule has 5 N–H and O–H groups in total. The Morgan fingerprint density at radius 1 is 1.29 bits per heavy atom. The molecule has 0 spiro atoms. The van der Waals surface area contributed by atoms with Crippen molar-refractivity contribution in [3.05, 3.63) is 35.0 Å². The third-order valence-corrected chi connectivity index (χ3v) is 4.83. The number of aromatic nitrogens is 3. The van der Waals surface area contributed by atoms with Gasteiger partial charge in [-0.15, -0.1) is 10.2 Å². The highest BCUT2D eigenvalue weighted by molar-refractivity contribution is 6.30.